The Hall–Kier alpha value is -1.45. The fourth-order valence-corrected chi connectivity index (χ4v) is 5.50. The van der Waals surface area contributed by atoms with Crippen LogP contribution in [-0.4, -0.2) is 73.1 Å². The molecule has 9 heteroatoms. The predicted molar refractivity (Wildman–Crippen MR) is 114 cm³/mol. The number of piperazine rings is 1. The lowest BCUT2D eigenvalue weighted by Crippen LogP contribution is -2.56. The zero-order valence-corrected chi connectivity index (χ0v) is 19.5. The maximum absolute atomic E-state index is 13.1. The molecule has 1 atom stereocenters. The van der Waals surface area contributed by atoms with Gasteiger partial charge in [0.15, 0.2) is 0 Å². The number of halogens is 1. The summed E-state index contributed by atoms with van der Waals surface area (Å²) in [5.74, 6) is -0.0782. The number of likely N-dealkylation sites (tertiary alicyclic amines) is 1. The van der Waals surface area contributed by atoms with E-state index in [0.29, 0.717) is 26.1 Å². The Morgan fingerprint density at radius 2 is 1.59 bits per heavy atom. The molecule has 0 saturated carbocycles. The Morgan fingerprint density at radius 3 is 2.14 bits per heavy atom. The van der Waals surface area contributed by atoms with Gasteiger partial charge in [-0.2, -0.15) is 4.31 Å². The highest BCUT2D eigenvalue weighted by Gasteiger charge is 2.41. The van der Waals surface area contributed by atoms with E-state index < -0.39 is 21.5 Å². The van der Waals surface area contributed by atoms with Crippen LogP contribution in [0.1, 0.15) is 33.6 Å². The second kappa shape index (κ2) is 8.35. The third kappa shape index (κ3) is 4.67. The zero-order chi connectivity index (χ0) is 21.4. The summed E-state index contributed by atoms with van der Waals surface area (Å²) >= 11 is 3.31. The van der Waals surface area contributed by atoms with Crippen LogP contribution in [0.4, 0.5) is 0 Å². The molecule has 0 unspecified atom stereocenters. The second-order valence-electron chi connectivity index (χ2n) is 8.59. The van der Waals surface area contributed by atoms with E-state index in [-0.39, 0.29) is 29.8 Å². The molecule has 2 heterocycles. The lowest BCUT2D eigenvalue weighted by atomic mass is 9.94. The molecule has 1 aromatic carbocycles. The maximum Gasteiger partial charge on any atom is 0.245 e. The summed E-state index contributed by atoms with van der Waals surface area (Å²) in [6.45, 7) is 7.37. The third-order valence-corrected chi connectivity index (χ3v) is 7.88. The van der Waals surface area contributed by atoms with Gasteiger partial charge >= 0.3 is 0 Å². The number of rotatable bonds is 3. The van der Waals surface area contributed by atoms with E-state index in [0.717, 1.165) is 10.9 Å². The van der Waals surface area contributed by atoms with Crippen molar-refractivity contribution < 1.29 is 18.0 Å². The molecule has 0 N–H and O–H groups in total. The van der Waals surface area contributed by atoms with Crippen molar-refractivity contribution in [1.82, 2.24) is 14.1 Å². The molecule has 2 amide bonds. The first-order valence-electron chi connectivity index (χ1n) is 9.87. The molecular formula is C20H28BrN3O4S. The molecular weight excluding hydrogens is 458 g/mol. The highest BCUT2D eigenvalue weighted by Crippen LogP contribution is 2.27. The SMILES string of the molecule is CC(C)(C)C(=O)N1CCC[C@H]1C(=O)N1CCN(S(=O)(=O)c2ccc(Br)cc2)CC1. The topological polar surface area (TPSA) is 78.0 Å². The van der Waals surface area contributed by atoms with Crippen molar-refractivity contribution in [3.8, 4) is 0 Å². The van der Waals surface area contributed by atoms with Gasteiger partial charge in [-0.1, -0.05) is 36.7 Å². The highest BCUT2D eigenvalue weighted by atomic mass is 79.9. The Bertz CT molecular complexity index is 872. The number of hydrogen-bond donors (Lipinski definition) is 0. The summed E-state index contributed by atoms with van der Waals surface area (Å²) in [7, 11) is -3.58. The molecule has 0 aromatic heterocycles. The van der Waals surface area contributed by atoms with Gasteiger partial charge < -0.3 is 9.80 Å². The Labute approximate surface area is 181 Å². The molecule has 2 aliphatic heterocycles. The van der Waals surface area contributed by atoms with Gasteiger partial charge in [0.1, 0.15) is 6.04 Å². The van der Waals surface area contributed by atoms with Crippen LogP contribution in [0.5, 0.6) is 0 Å². The Morgan fingerprint density at radius 1 is 1.00 bits per heavy atom. The number of hydrogen-bond acceptors (Lipinski definition) is 4. The monoisotopic (exact) mass is 485 g/mol. The van der Waals surface area contributed by atoms with Crippen LogP contribution >= 0.6 is 15.9 Å². The van der Waals surface area contributed by atoms with Gasteiger partial charge in [-0.15, -0.1) is 0 Å². The minimum absolute atomic E-state index is 0.00944. The fourth-order valence-electron chi connectivity index (χ4n) is 3.81. The van der Waals surface area contributed by atoms with Gasteiger partial charge in [0.2, 0.25) is 21.8 Å². The second-order valence-corrected chi connectivity index (χ2v) is 11.4. The van der Waals surface area contributed by atoms with E-state index in [4.69, 9.17) is 0 Å². The summed E-state index contributed by atoms with van der Waals surface area (Å²) < 4.78 is 27.9. The molecule has 2 saturated heterocycles. The average molecular weight is 486 g/mol. The third-order valence-electron chi connectivity index (χ3n) is 5.44. The van der Waals surface area contributed by atoms with E-state index in [1.54, 1.807) is 34.1 Å². The first-order valence-corrected chi connectivity index (χ1v) is 12.1. The van der Waals surface area contributed by atoms with Crippen LogP contribution in [-0.2, 0) is 19.6 Å². The number of nitrogens with zero attached hydrogens (tertiary/aromatic N) is 3. The van der Waals surface area contributed by atoms with Crippen molar-refractivity contribution in [3.63, 3.8) is 0 Å². The molecule has 29 heavy (non-hydrogen) atoms. The summed E-state index contributed by atoms with van der Waals surface area (Å²) in [5, 5.41) is 0. The van der Waals surface area contributed by atoms with Gasteiger partial charge in [-0.05, 0) is 37.1 Å². The predicted octanol–water partition coefficient (Wildman–Crippen LogP) is 2.32. The molecule has 2 fully saturated rings. The standard InChI is InChI=1S/C20H28BrN3O4S/c1-20(2,3)19(26)24-10-4-5-17(24)18(25)22-11-13-23(14-12-22)29(27,28)16-8-6-15(21)7-9-16/h6-9,17H,4-5,10-14H2,1-3H3/t17-/m0/s1. The van der Waals surface area contributed by atoms with E-state index in [1.807, 2.05) is 20.8 Å². The van der Waals surface area contributed by atoms with Gasteiger partial charge in [0.05, 0.1) is 4.90 Å². The minimum atomic E-state index is -3.58. The molecule has 3 rings (SSSR count). The van der Waals surface area contributed by atoms with E-state index >= 15 is 0 Å². The number of carbonyl (C=O) groups excluding carboxylic acids is 2. The Kier molecular flexibility index (Phi) is 6.41. The molecule has 0 aliphatic carbocycles. The molecule has 0 spiro atoms. The van der Waals surface area contributed by atoms with E-state index in [1.165, 1.54) is 4.31 Å². The largest absolute Gasteiger partial charge is 0.338 e. The van der Waals surface area contributed by atoms with Crippen molar-refractivity contribution >= 4 is 37.8 Å². The zero-order valence-electron chi connectivity index (χ0n) is 17.1. The molecule has 2 aliphatic rings. The Balaban J connectivity index is 1.65. The average Bonchev–Trinajstić information content (AvgIpc) is 3.16. The first-order chi connectivity index (χ1) is 13.5. The van der Waals surface area contributed by atoms with Gasteiger partial charge in [0.25, 0.3) is 0 Å². The van der Waals surface area contributed by atoms with Crippen LogP contribution in [0.15, 0.2) is 33.6 Å². The van der Waals surface area contributed by atoms with Crippen molar-refractivity contribution in [3.05, 3.63) is 28.7 Å². The lowest BCUT2D eigenvalue weighted by molar-refractivity contribution is -0.148. The van der Waals surface area contributed by atoms with E-state index in [9.17, 15) is 18.0 Å². The van der Waals surface area contributed by atoms with Gasteiger partial charge in [-0.3, -0.25) is 9.59 Å². The molecule has 0 radical (unpaired) electrons. The van der Waals surface area contributed by atoms with Crippen molar-refractivity contribution in [2.75, 3.05) is 32.7 Å². The molecule has 1 aromatic rings. The maximum atomic E-state index is 13.1. The van der Waals surface area contributed by atoms with Crippen LogP contribution < -0.4 is 0 Å². The fraction of sp³-hybridized carbons (Fsp3) is 0.600. The normalized spacial score (nSPS) is 21.4. The number of carbonyl (C=O) groups is 2. The van der Waals surface area contributed by atoms with Crippen molar-refractivity contribution in [1.29, 1.82) is 0 Å². The minimum Gasteiger partial charge on any atom is -0.338 e. The van der Waals surface area contributed by atoms with Crippen molar-refractivity contribution in [2.24, 2.45) is 5.41 Å². The van der Waals surface area contributed by atoms with Crippen LogP contribution in [0.25, 0.3) is 0 Å². The number of sulfonamides is 1. The van der Waals surface area contributed by atoms with Crippen LogP contribution in [0, 0.1) is 5.41 Å². The molecule has 160 valence electrons. The molecule has 0 bridgehead atoms. The van der Waals surface area contributed by atoms with Crippen molar-refractivity contribution in [2.45, 2.75) is 44.6 Å². The molecule has 7 nitrogen and oxygen atoms in total. The quantitative estimate of drug-likeness (QED) is 0.657. The smallest absolute Gasteiger partial charge is 0.245 e. The first kappa shape index (κ1) is 22.2. The lowest BCUT2D eigenvalue weighted by Gasteiger charge is -2.37. The van der Waals surface area contributed by atoms with Crippen LogP contribution in [0.3, 0.4) is 0 Å². The van der Waals surface area contributed by atoms with Gasteiger partial charge in [0, 0.05) is 42.6 Å². The number of amides is 2. The van der Waals surface area contributed by atoms with Crippen LogP contribution in [0.2, 0.25) is 0 Å². The summed E-state index contributed by atoms with van der Waals surface area (Å²) in [6.07, 6.45) is 1.48. The summed E-state index contributed by atoms with van der Waals surface area (Å²) in [6, 6.07) is 6.12. The number of benzene rings is 1. The van der Waals surface area contributed by atoms with E-state index in [2.05, 4.69) is 15.9 Å². The summed E-state index contributed by atoms with van der Waals surface area (Å²) in [4.78, 5) is 29.4. The summed E-state index contributed by atoms with van der Waals surface area (Å²) in [5.41, 5.74) is -0.527. The van der Waals surface area contributed by atoms with Gasteiger partial charge in [-0.25, -0.2) is 8.42 Å². The highest BCUT2D eigenvalue weighted by molar-refractivity contribution is 9.10.